The summed E-state index contributed by atoms with van der Waals surface area (Å²) in [5.41, 5.74) is 0.626. The summed E-state index contributed by atoms with van der Waals surface area (Å²) in [6.45, 7) is 4.30. The number of hydrogen-bond donors (Lipinski definition) is 0. The highest BCUT2D eigenvalue weighted by molar-refractivity contribution is 7.90. The number of hydrogen-bond acceptors (Lipinski definition) is 5. The van der Waals surface area contributed by atoms with Gasteiger partial charge in [-0.05, 0) is 44.0 Å². The number of thiophene rings is 1. The molecule has 0 spiro atoms. The van der Waals surface area contributed by atoms with E-state index in [1.807, 2.05) is 34.9 Å². The molecule has 1 amide bonds. The number of fused-ring (bicyclic) bond motifs is 1. The molecule has 1 aromatic heterocycles. The quantitative estimate of drug-likeness (QED) is 0.712. The van der Waals surface area contributed by atoms with E-state index < -0.39 is 10.0 Å². The predicted octanol–water partition coefficient (Wildman–Crippen LogP) is 3.61. The molecule has 0 N–H and O–H groups in total. The average Bonchev–Trinajstić information content (AvgIpc) is 3.26. The zero-order chi connectivity index (χ0) is 20.6. The van der Waals surface area contributed by atoms with Crippen LogP contribution < -0.4 is 0 Å². The van der Waals surface area contributed by atoms with Crippen molar-refractivity contribution in [3.8, 4) is 0 Å². The summed E-state index contributed by atoms with van der Waals surface area (Å²) in [4.78, 5) is 18.3. The fourth-order valence-electron chi connectivity index (χ4n) is 3.92. The molecule has 0 saturated carbocycles. The molecule has 0 radical (unpaired) electrons. The van der Waals surface area contributed by atoms with Crippen molar-refractivity contribution in [2.45, 2.75) is 31.2 Å². The maximum Gasteiger partial charge on any atom is 0.285 e. The number of rotatable bonds is 4. The van der Waals surface area contributed by atoms with Crippen molar-refractivity contribution < 1.29 is 13.2 Å². The summed E-state index contributed by atoms with van der Waals surface area (Å²) < 4.78 is 29.5. The molecule has 154 valence electrons. The number of sulfonamides is 1. The molecule has 2 aliphatic heterocycles. The van der Waals surface area contributed by atoms with E-state index >= 15 is 0 Å². The summed E-state index contributed by atoms with van der Waals surface area (Å²) in [5.74, 6) is 0.375. The third-order valence-corrected chi connectivity index (χ3v) is 7.89. The van der Waals surface area contributed by atoms with Crippen molar-refractivity contribution >= 4 is 44.7 Å². The Bertz CT molecular complexity index is 1060. The maximum absolute atomic E-state index is 13.2. The van der Waals surface area contributed by atoms with Gasteiger partial charge in [-0.15, -0.1) is 15.7 Å². The van der Waals surface area contributed by atoms with Crippen LogP contribution in [0, 0.1) is 5.92 Å². The molecule has 4 rings (SSSR count). The third kappa shape index (κ3) is 4.06. The molecule has 6 nitrogen and oxygen atoms in total. The molecule has 1 saturated heterocycles. The number of amidine groups is 1. The second-order valence-electron chi connectivity index (χ2n) is 7.23. The molecule has 0 unspecified atom stereocenters. The fraction of sp³-hybridized carbons (Fsp3) is 0.400. The smallest absolute Gasteiger partial charge is 0.285 e. The molecule has 2 aromatic rings. The Morgan fingerprint density at radius 1 is 1.31 bits per heavy atom. The first-order chi connectivity index (χ1) is 13.9. The highest BCUT2D eigenvalue weighted by Gasteiger charge is 2.36. The van der Waals surface area contributed by atoms with Gasteiger partial charge >= 0.3 is 0 Å². The number of piperidine rings is 1. The number of carbonyl (C=O) groups excluding carboxylic acids is 1. The van der Waals surface area contributed by atoms with Gasteiger partial charge in [-0.3, -0.25) is 4.79 Å². The topological polar surface area (TPSA) is 70.1 Å². The SMILES string of the molecule is CCN(Cc1ccc(Cl)s1)C(=O)[C@@H]1CCCN(C2=NS(=O)(=O)c3ccccc32)C1. The maximum atomic E-state index is 13.2. The third-order valence-electron chi connectivity index (χ3n) is 5.35. The molecule has 2 aliphatic rings. The van der Waals surface area contributed by atoms with Crippen LogP contribution in [0.4, 0.5) is 0 Å². The summed E-state index contributed by atoms with van der Waals surface area (Å²) in [5, 5.41) is 0. The summed E-state index contributed by atoms with van der Waals surface area (Å²) in [7, 11) is -3.66. The molecule has 0 bridgehead atoms. The first-order valence-corrected chi connectivity index (χ1v) is 12.2. The van der Waals surface area contributed by atoms with Gasteiger partial charge < -0.3 is 9.80 Å². The van der Waals surface area contributed by atoms with Crippen LogP contribution in [0.15, 0.2) is 45.7 Å². The number of benzene rings is 1. The lowest BCUT2D eigenvalue weighted by Gasteiger charge is -2.35. The minimum Gasteiger partial charge on any atom is -0.355 e. The number of nitrogens with zero attached hydrogens (tertiary/aromatic N) is 3. The van der Waals surface area contributed by atoms with E-state index in [4.69, 9.17) is 11.6 Å². The van der Waals surface area contributed by atoms with Crippen molar-refractivity contribution in [2.24, 2.45) is 10.3 Å². The van der Waals surface area contributed by atoms with Crippen LogP contribution >= 0.6 is 22.9 Å². The van der Waals surface area contributed by atoms with Crippen molar-refractivity contribution in [3.05, 3.63) is 51.2 Å². The highest BCUT2D eigenvalue weighted by atomic mass is 35.5. The molecule has 9 heteroatoms. The van der Waals surface area contributed by atoms with Gasteiger partial charge in [0.25, 0.3) is 10.0 Å². The lowest BCUT2D eigenvalue weighted by Crippen LogP contribution is -2.46. The van der Waals surface area contributed by atoms with Crippen LogP contribution in [0.3, 0.4) is 0 Å². The van der Waals surface area contributed by atoms with Crippen molar-refractivity contribution in [3.63, 3.8) is 0 Å². The van der Waals surface area contributed by atoms with Gasteiger partial charge in [-0.1, -0.05) is 23.7 Å². The van der Waals surface area contributed by atoms with Gasteiger partial charge in [-0.2, -0.15) is 8.42 Å². The van der Waals surface area contributed by atoms with Gasteiger partial charge in [-0.25, -0.2) is 0 Å². The van der Waals surface area contributed by atoms with Gasteiger partial charge in [0.05, 0.1) is 16.8 Å². The summed E-state index contributed by atoms with van der Waals surface area (Å²) in [6.07, 6.45) is 1.61. The Morgan fingerprint density at radius 3 is 2.83 bits per heavy atom. The zero-order valence-corrected chi connectivity index (χ0v) is 18.4. The number of carbonyl (C=O) groups is 1. The van der Waals surface area contributed by atoms with Crippen LogP contribution in [-0.2, 0) is 21.4 Å². The Hall–Kier alpha value is -1.90. The minimum absolute atomic E-state index is 0.0939. The minimum atomic E-state index is -3.66. The van der Waals surface area contributed by atoms with E-state index in [-0.39, 0.29) is 16.7 Å². The second-order valence-corrected chi connectivity index (χ2v) is 10.6. The average molecular weight is 452 g/mol. The Morgan fingerprint density at radius 2 is 2.10 bits per heavy atom. The number of amides is 1. The van der Waals surface area contributed by atoms with E-state index in [0.29, 0.717) is 41.9 Å². The number of likely N-dealkylation sites (tertiary alicyclic amines) is 1. The molecule has 3 heterocycles. The van der Waals surface area contributed by atoms with E-state index in [1.54, 1.807) is 18.2 Å². The Labute approximate surface area is 179 Å². The number of halogens is 1. The van der Waals surface area contributed by atoms with Gasteiger partial charge in [0, 0.05) is 30.1 Å². The molecule has 1 aromatic carbocycles. The standard InChI is InChI=1S/C20H22ClN3O3S2/c1-2-23(13-15-9-10-18(21)28-15)20(25)14-6-5-11-24(12-14)19-16-7-3-4-8-17(16)29(26,27)22-19/h3-4,7-10,14H,2,5-6,11-13H2,1H3/t14-/m1/s1. The van der Waals surface area contributed by atoms with E-state index in [1.165, 1.54) is 11.3 Å². The summed E-state index contributed by atoms with van der Waals surface area (Å²) >= 11 is 7.50. The van der Waals surface area contributed by atoms with Crippen LogP contribution in [0.25, 0.3) is 0 Å². The van der Waals surface area contributed by atoms with Crippen LogP contribution in [0.1, 0.15) is 30.2 Å². The van der Waals surface area contributed by atoms with Crippen molar-refractivity contribution in [2.75, 3.05) is 19.6 Å². The van der Waals surface area contributed by atoms with Gasteiger partial charge in [0.2, 0.25) is 5.91 Å². The lowest BCUT2D eigenvalue weighted by atomic mass is 9.95. The van der Waals surface area contributed by atoms with Gasteiger partial charge in [0.15, 0.2) is 5.84 Å². The first-order valence-electron chi connectivity index (χ1n) is 9.61. The first kappa shape index (κ1) is 20.4. The summed E-state index contributed by atoms with van der Waals surface area (Å²) in [6, 6.07) is 10.7. The zero-order valence-electron chi connectivity index (χ0n) is 16.0. The fourth-order valence-corrected chi connectivity index (χ4v) is 6.25. The van der Waals surface area contributed by atoms with Crippen LogP contribution in [-0.4, -0.2) is 49.6 Å². The Balaban J connectivity index is 1.52. The lowest BCUT2D eigenvalue weighted by molar-refractivity contribution is -0.137. The molecular formula is C20H22ClN3O3S2. The normalized spacial score (nSPS) is 20.3. The Kier molecular flexibility index (Phi) is 5.68. The molecule has 1 fully saturated rings. The van der Waals surface area contributed by atoms with Gasteiger partial charge in [0.1, 0.15) is 4.90 Å². The molecular weight excluding hydrogens is 430 g/mol. The monoisotopic (exact) mass is 451 g/mol. The van der Waals surface area contributed by atoms with E-state index in [2.05, 4.69) is 4.40 Å². The van der Waals surface area contributed by atoms with Crippen LogP contribution in [0.2, 0.25) is 4.34 Å². The van der Waals surface area contributed by atoms with E-state index in [0.717, 1.165) is 17.7 Å². The van der Waals surface area contributed by atoms with E-state index in [9.17, 15) is 13.2 Å². The molecule has 29 heavy (non-hydrogen) atoms. The second kappa shape index (κ2) is 8.08. The highest BCUT2D eigenvalue weighted by Crippen LogP contribution is 2.30. The van der Waals surface area contributed by atoms with Crippen molar-refractivity contribution in [1.82, 2.24) is 9.80 Å². The predicted molar refractivity (Wildman–Crippen MR) is 115 cm³/mol. The van der Waals surface area contributed by atoms with Crippen molar-refractivity contribution in [1.29, 1.82) is 0 Å². The van der Waals surface area contributed by atoms with Crippen LogP contribution in [0.5, 0.6) is 0 Å². The largest absolute Gasteiger partial charge is 0.355 e. The molecule has 0 aliphatic carbocycles. The molecule has 1 atom stereocenters.